The molecule has 0 atom stereocenters. The summed E-state index contributed by atoms with van der Waals surface area (Å²) in [6.45, 7) is 2.15. The molecule has 0 saturated heterocycles. The van der Waals surface area contributed by atoms with Crippen LogP contribution >= 0.6 is 15.9 Å². The summed E-state index contributed by atoms with van der Waals surface area (Å²) < 4.78 is 2.91. The first-order valence-corrected chi connectivity index (χ1v) is 5.08. The van der Waals surface area contributed by atoms with E-state index in [1.54, 1.807) is 6.20 Å². The summed E-state index contributed by atoms with van der Waals surface area (Å²) in [6, 6.07) is 0. The molecule has 0 radical (unpaired) electrons. The second-order valence-electron chi connectivity index (χ2n) is 2.96. The summed E-state index contributed by atoms with van der Waals surface area (Å²) in [5.41, 5.74) is 1.10. The average molecular weight is 240 g/mol. The van der Waals surface area contributed by atoms with E-state index in [1.165, 1.54) is 0 Å². The molecule has 0 amide bonds. The van der Waals surface area contributed by atoms with Gasteiger partial charge in [-0.3, -0.25) is 4.40 Å². The van der Waals surface area contributed by atoms with Crippen molar-refractivity contribution < 1.29 is 0 Å². The lowest BCUT2D eigenvalue weighted by atomic mass is 10.3. The fourth-order valence-electron chi connectivity index (χ4n) is 1.29. The van der Waals surface area contributed by atoms with Crippen LogP contribution in [0.25, 0.3) is 5.78 Å². The molecule has 0 saturated carbocycles. The molecule has 0 aliphatic heterocycles. The summed E-state index contributed by atoms with van der Waals surface area (Å²) in [5.74, 6) is 0.770. The first-order chi connectivity index (χ1) is 6.29. The van der Waals surface area contributed by atoms with E-state index in [4.69, 9.17) is 0 Å². The second-order valence-corrected chi connectivity index (χ2v) is 3.88. The molecule has 0 fully saturated rings. The quantitative estimate of drug-likeness (QED) is 0.806. The van der Waals surface area contributed by atoms with Crippen molar-refractivity contribution in [2.75, 3.05) is 0 Å². The smallest absolute Gasteiger partial charge is 0.233 e. The Hall–Kier alpha value is -0.900. The van der Waals surface area contributed by atoms with E-state index >= 15 is 0 Å². The number of nitrogens with zero attached hydrogens (tertiary/aromatic N) is 3. The summed E-state index contributed by atoms with van der Waals surface area (Å²) in [4.78, 5) is 8.56. The van der Waals surface area contributed by atoms with Gasteiger partial charge in [-0.05, 0) is 22.4 Å². The molecule has 2 aromatic heterocycles. The van der Waals surface area contributed by atoms with E-state index in [-0.39, 0.29) is 0 Å². The maximum Gasteiger partial charge on any atom is 0.233 e. The highest BCUT2D eigenvalue weighted by Gasteiger charge is 2.01. The van der Waals surface area contributed by atoms with Gasteiger partial charge in [0.1, 0.15) is 0 Å². The Morgan fingerprint density at radius 3 is 3.08 bits per heavy atom. The average Bonchev–Trinajstić information content (AvgIpc) is 2.46. The van der Waals surface area contributed by atoms with Gasteiger partial charge in [-0.15, -0.1) is 0 Å². The maximum absolute atomic E-state index is 4.37. The molecule has 13 heavy (non-hydrogen) atoms. The summed E-state index contributed by atoms with van der Waals surface area (Å²) in [5, 5.41) is 0. The molecule has 2 aromatic rings. The normalized spacial score (nSPS) is 10.9. The Morgan fingerprint density at radius 1 is 1.46 bits per heavy atom. The predicted octanol–water partition coefficient (Wildman–Crippen LogP) is 2.44. The van der Waals surface area contributed by atoms with Gasteiger partial charge in [0.15, 0.2) is 0 Å². The number of imidazole rings is 1. The third kappa shape index (κ3) is 1.72. The monoisotopic (exact) mass is 239 g/mol. The molecule has 0 unspecified atom stereocenters. The van der Waals surface area contributed by atoms with Gasteiger partial charge in [0, 0.05) is 18.6 Å². The second kappa shape index (κ2) is 3.46. The Balaban J connectivity index is 2.49. The topological polar surface area (TPSA) is 30.2 Å². The molecule has 0 spiro atoms. The van der Waals surface area contributed by atoms with E-state index in [0.717, 1.165) is 28.8 Å². The van der Waals surface area contributed by atoms with Crippen LogP contribution in [0.4, 0.5) is 0 Å². The third-order valence-electron chi connectivity index (χ3n) is 1.83. The van der Waals surface area contributed by atoms with E-state index in [9.17, 15) is 0 Å². The zero-order valence-electron chi connectivity index (χ0n) is 7.37. The lowest BCUT2D eigenvalue weighted by Gasteiger charge is -1.90. The van der Waals surface area contributed by atoms with Crippen molar-refractivity contribution in [1.82, 2.24) is 14.4 Å². The van der Waals surface area contributed by atoms with Crippen molar-refractivity contribution >= 4 is 21.7 Å². The van der Waals surface area contributed by atoms with Crippen LogP contribution in [-0.4, -0.2) is 14.4 Å². The van der Waals surface area contributed by atoms with E-state index in [2.05, 4.69) is 32.8 Å². The summed E-state index contributed by atoms with van der Waals surface area (Å²) in [7, 11) is 0. The molecule has 0 aliphatic rings. The lowest BCUT2D eigenvalue weighted by Crippen LogP contribution is -1.85. The van der Waals surface area contributed by atoms with Gasteiger partial charge in [-0.2, -0.15) is 0 Å². The van der Waals surface area contributed by atoms with Crippen LogP contribution in [0, 0.1) is 0 Å². The SMILES string of the molecule is CCCc1cn2cc(Br)cnc2n1. The number of aromatic nitrogens is 3. The number of hydrogen-bond donors (Lipinski definition) is 0. The third-order valence-corrected chi connectivity index (χ3v) is 2.24. The zero-order chi connectivity index (χ0) is 9.26. The van der Waals surface area contributed by atoms with Crippen LogP contribution in [0.15, 0.2) is 23.1 Å². The van der Waals surface area contributed by atoms with Gasteiger partial charge < -0.3 is 0 Å². The standard InChI is InChI=1S/C9H10BrN3/c1-2-3-8-6-13-5-7(10)4-11-9(13)12-8/h4-6H,2-3H2,1H3. The van der Waals surface area contributed by atoms with Gasteiger partial charge in [-0.25, -0.2) is 9.97 Å². The van der Waals surface area contributed by atoms with E-state index < -0.39 is 0 Å². The minimum atomic E-state index is 0.770. The fraction of sp³-hybridized carbons (Fsp3) is 0.333. The molecule has 2 rings (SSSR count). The highest BCUT2D eigenvalue weighted by molar-refractivity contribution is 9.10. The Labute approximate surface area is 85.0 Å². The number of rotatable bonds is 2. The van der Waals surface area contributed by atoms with Crippen molar-refractivity contribution in [3.8, 4) is 0 Å². The molecule has 4 heteroatoms. The first-order valence-electron chi connectivity index (χ1n) is 4.28. The Bertz CT molecular complexity index is 422. The number of halogens is 1. The van der Waals surface area contributed by atoms with E-state index in [1.807, 2.05) is 16.8 Å². The molecule has 0 aliphatic carbocycles. The molecule has 0 aromatic carbocycles. The van der Waals surface area contributed by atoms with Gasteiger partial charge >= 0.3 is 0 Å². The van der Waals surface area contributed by atoms with Crippen LogP contribution in [-0.2, 0) is 6.42 Å². The van der Waals surface area contributed by atoms with Crippen LogP contribution in [0.2, 0.25) is 0 Å². The van der Waals surface area contributed by atoms with Crippen molar-refractivity contribution in [2.24, 2.45) is 0 Å². The van der Waals surface area contributed by atoms with Crippen LogP contribution in [0.5, 0.6) is 0 Å². The predicted molar refractivity (Wildman–Crippen MR) is 54.7 cm³/mol. The molecule has 2 heterocycles. The number of hydrogen-bond acceptors (Lipinski definition) is 2. The van der Waals surface area contributed by atoms with Crippen molar-refractivity contribution in [2.45, 2.75) is 19.8 Å². The van der Waals surface area contributed by atoms with Gasteiger partial charge in [0.25, 0.3) is 0 Å². The number of aryl methyl sites for hydroxylation is 1. The van der Waals surface area contributed by atoms with Crippen molar-refractivity contribution in [3.63, 3.8) is 0 Å². The van der Waals surface area contributed by atoms with Gasteiger partial charge in [0.05, 0.1) is 10.2 Å². The molecular formula is C9H10BrN3. The summed E-state index contributed by atoms with van der Waals surface area (Å²) in [6.07, 6.45) is 7.88. The lowest BCUT2D eigenvalue weighted by molar-refractivity contribution is 0.893. The molecule has 68 valence electrons. The highest BCUT2D eigenvalue weighted by atomic mass is 79.9. The van der Waals surface area contributed by atoms with Crippen LogP contribution in [0.3, 0.4) is 0 Å². The molecule has 0 N–H and O–H groups in total. The Morgan fingerprint density at radius 2 is 2.31 bits per heavy atom. The van der Waals surface area contributed by atoms with Crippen molar-refractivity contribution in [3.05, 3.63) is 28.8 Å². The molecule has 3 nitrogen and oxygen atoms in total. The maximum atomic E-state index is 4.37. The minimum absolute atomic E-state index is 0.770. The zero-order valence-corrected chi connectivity index (χ0v) is 8.95. The number of fused-ring (bicyclic) bond motifs is 1. The van der Waals surface area contributed by atoms with Crippen LogP contribution < -0.4 is 0 Å². The van der Waals surface area contributed by atoms with E-state index in [0.29, 0.717) is 0 Å². The summed E-state index contributed by atoms with van der Waals surface area (Å²) >= 11 is 3.37. The van der Waals surface area contributed by atoms with Gasteiger partial charge in [0.2, 0.25) is 5.78 Å². The molecular weight excluding hydrogens is 230 g/mol. The Kier molecular flexibility index (Phi) is 2.31. The largest absolute Gasteiger partial charge is 0.290 e. The van der Waals surface area contributed by atoms with Crippen LogP contribution in [0.1, 0.15) is 19.0 Å². The van der Waals surface area contributed by atoms with Gasteiger partial charge in [-0.1, -0.05) is 13.3 Å². The van der Waals surface area contributed by atoms with Crippen molar-refractivity contribution in [1.29, 1.82) is 0 Å². The highest BCUT2D eigenvalue weighted by Crippen LogP contribution is 2.10. The minimum Gasteiger partial charge on any atom is -0.290 e. The fourth-order valence-corrected chi connectivity index (χ4v) is 1.61. The molecule has 0 bridgehead atoms. The first kappa shape index (κ1) is 8.69.